The molecule has 39 heavy (non-hydrogen) atoms. The average Bonchev–Trinajstić information content (AvgIpc) is 3.23. The van der Waals surface area contributed by atoms with Crippen LogP contribution in [0.25, 0.3) is 26.6 Å². The largest absolute Gasteiger partial charge is 0.472 e. The van der Waals surface area contributed by atoms with E-state index in [-0.39, 0.29) is 17.1 Å². The third kappa shape index (κ3) is 4.51. The molecule has 1 saturated heterocycles. The summed E-state index contributed by atoms with van der Waals surface area (Å²) in [7, 11) is 0. The number of carbonyl (C=O) groups is 1. The first-order valence-corrected chi connectivity index (χ1v) is 13.9. The quantitative estimate of drug-likeness (QED) is 0.256. The van der Waals surface area contributed by atoms with Crippen molar-refractivity contribution in [2.45, 2.75) is 57.1 Å². The highest BCUT2D eigenvalue weighted by molar-refractivity contribution is 7.23. The van der Waals surface area contributed by atoms with Gasteiger partial charge in [0.2, 0.25) is 5.88 Å². The van der Waals surface area contributed by atoms with Crippen molar-refractivity contribution in [3.63, 3.8) is 0 Å². The van der Waals surface area contributed by atoms with E-state index in [1.54, 1.807) is 17.4 Å². The van der Waals surface area contributed by atoms with E-state index < -0.39 is 6.03 Å². The van der Waals surface area contributed by atoms with E-state index in [2.05, 4.69) is 31.6 Å². The Morgan fingerprint density at radius 2 is 1.97 bits per heavy atom. The number of fused-ring (bicyclic) bond motifs is 3. The Kier molecular flexibility index (Phi) is 5.43. The molecule has 7 rings (SSSR count). The highest BCUT2D eigenvalue weighted by Crippen LogP contribution is 2.44. The highest BCUT2D eigenvalue weighted by Gasteiger charge is 2.53. The van der Waals surface area contributed by atoms with Crippen LogP contribution in [-0.2, 0) is 5.41 Å². The van der Waals surface area contributed by atoms with Crippen LogP contribution in [0.5, 0.6) is 5.88 Å². The molecule has 1 spiro atoms. The van der Waals surface area contributed by atoms with Crippen LogP contribution in [0.4, 0.5) is 16.3 Å². The lowest BCUT2D eigenvalue weighted by Gasteiger charge is -2.19. The zero-order valence-corrected chi connectivity index (χ0v) is 22.8. The maximum absolute atomic E-state index is 12.4. The molecule has 2 aliphatic rings. The number of imidazole rings is 1. The molecule has 1 saturated carbocycles. The molecule has 2 fully saturated rings. The van der Waals surface area contributed by atoms with Gasteiger partial charge in [-0.05, 0) is 44.0 Å². The Labute approximate surface area is 228 Å². The number of aromatic nitrogens is 4. The summed E-state index contributed by atoms with van der Waals surface area (Å²) in [5.74, 6) is 1.75. The first kappa shape index (κ1) is 24.1. The molecular weight excluding hydrogens is 514 g/mol. The van der Waals surface area contributed by atoms with E-state index in [1.165, 1.54) is 12.8 Å². The second-order valence-corrected chi connectivity index (χ2v) is 12.3. The number of benzene rings is 1. The van der Waals surface area contributed by atoms with E-state index in [4.69, 9.17) is 19.2 Å². The number of pyridine rings is 1. The summed E-state index contributed by atoms with van der Waals surface area (Å²) < 4.78 is 13.7. The molecule has 1 aliphatic carbocycles. The monoisotopic (exact) mass is 543 g/mol. The molecule has 5 heterocycles. The molecule has 10 nitrogen and oxygen atoms in total. The summed E-state index contributed by atoms with van der Waals surface area (Å²) in [6.45, 7) is 7.07. The molecule has 11 heteroatoms. The van der Waals surface area contributed by atoms with Gasteiger partial charge in [0.05, 0.1) is 16.7 Å². The summed E-state index contributed by atoms with van der Waals surface area (Å²) >= 11 is 1.55. The standard InChI is InChI=1S/C28H29N7O3S/c1-27(2,3)21-14-22(34-38-21)32-25(36)30-17-6-4-16(5-7-17)18-15-35-19-8-9-23(33-24(19)39-26(35)31-18)37-20-10-13-29-28(20)11-12-28/h4-9,14-15,20,29H,10-13H2,1-3H3,(H2,30,32,34,36)/t20-/m1/s1. The van der Waals surface area contributed by atoms with Crippen molar-refractivity contribution in [3.8, 4) is 17.1 Å². The molecule has 0 unspecified atom stereocenters. The van der Waals surface area contributed by atoms with Crippen LogP contribution in [0, 0.1) is 0 Å². The van der Waals surface area contributed by atoms with Crippen LogP contribution in [0.15, 0.2) is 53.2 Å². The van der Waals surface area contributed by atoms with E-state index in [9.17, 15) is 4.79 Å². The van der Waals surface area contributed by atoms with Gasteiger partial charge in [-0.1, -0.05) is 49.4 Å². The number of nitrogens with one attached hydrogen (secondary N) is 3. The Morgan fingerprint density at radius 1 is 1.15 bits per heavy atom. The van der Waals surface area contributed by atoms with E-state index in [0.717, 1.165) is 39.5 Å². The average molecular weight is 544 g/mol. The van der Waals surface area contributed by atoms with Crippen molar-refractivity contribution in [2.75, 3.05) is 17.2 Å². The number of rotatable bonds is 5. The summed E-state index contributed by atoms with van der Waals surface area (Å²) in [5, 5.41) is 13.0. The zero-order valence-electron chi connectivity index (χ0n) is 21.9. The molecule has 4 aromatic heterocycles. The smallest absolute Gasteiger partial charge is 0.324 e. The normalized spacial score (nSPS) is 18.2. The van der Waals surface area contributed by atoms with Gasteiger partial charge in [0.15, 0.2) is 10.8 Å². The number of thiazole rings is 1. The number of nitrogens with zero attached hydrogens (tertiary/aromatic N) is 4. The minimum absolute atomic E-state index is 0.178. The minimum atomic E-state index is -0.391. The Morgan fingerprint density at radius 3 is 2.72 bits per heavy atom. The van der Waals surface area contributed by atoms with Crippen molar-refractivity contribution in [1.82, 2.24) is 24.8 Å². The molecule has 5 aromatic rings. The maximum atomic E-state index is 12.4. The van der Waals surface area contributed by atoms with Crippen molar-refractivity contribution >= 4 is 44.2 Å². The van der Waals surface area contributed by atoms with Crippen LogP contribution in [-0.4, -0.2) is 43.7 Å². The predicted octanol–water partition coefficient (Wildman–Crippen LogP) is 5.81. The van der Waals surface area contributed by atoms with Gasteiger partial charge < -0.3 is 19.9 Å². The number of anilines is 2. The summed E-state index contributed by atoms with van der Waals surface area (Å²) in [5.41, 5.74) is 3.45. The van der Waals surface area contributed by atoms with Crippen molar-refractivity contribution < 1.29 is 14.1 Å². The van der Waals surface area contributed by atoms with Crippen LogP contribution >= 0.6 is 11.3 Å². The van der Waals surface area contributed by atoms with Gasteiger partial charge >= 0.3 is 6.03 Å². The highest BCUT2D eigenvalue weighted by atomic mass is 32.1. The lowest BCUT2D eigenvalue weighted by Crippen LogP contribution is -2.36. The lowest BCUT2D eigenvalue weighted by molar-refractivity contribution is 0.169. The lowest BCUT2D eigenvalue weighted by atomic mass is 9.93. The zero-order chi connectivity index (χ0) is 26.8. The van der Waals surface area contributed by atoms with Crippen LogP contribution in [0.2, 0.25) is 0 Å². The number of urea groups is 1. The van der Waals surface area contributed by atoms with Crippen LogP contribution < -0.4 is 20.7 Å². The number of ether oxygens (including phenoxy) is 1. The van der Waals surface area contributed by atoms with E-state index in [1.807, 2.05) is 57.3 Å². The van der Waals surface area contributed by atoms with Gasteiger partial charge in [-0.25, -0.2) is 14.8 Å². The van der Waals surface area contributed by atoms with Gasteiger partial charge in [-0.15, -0.1) is 0 Å². The molecule has 1 aliphatic heterocycles. The number of hydrogen-bond acceptors (Lipinski definition) is 8. The third-order valence-corrected chi connectivity index (χ3v) is 8.38. The molecule has 2 amide bonds. The summed E-state index contributed by atoms with van der Waals surface area (Å²) in [6.07, 6.45) is 5.60. The molecular formula is C28H29N7O3S. The molecule has 1 atom stereocenters. The second kappa shape index (κ2) is 8.78. The molecule has 200 valence electrons. The predicted molar refractivity (Wildman–Crippen MR) is 151 cm³/mol. The fraction of sp³-hybridized carbons (Fsp3) is 0.357. The summed E-state index contributed by atoms with van der Waals surface area (Å²) in [6, 6.07) is 12.9. The minimum Gasteiger partial charge on any atom is -0.472 e. The Balaban J connectivity index is 1.03. The van der Waals surface area contributed by atoms with Gasteiger partial charge in [-0.2, -0.15) is 0 Å². The fourth-order valence-electron chi connectivity index (χ4n) is 5.06. The fourth-order valence-corrected chi connectivity index (χ4v) is 6.03. The van der Waals surface area contributed by atoms with E-state index in [0.29, 0.717) is 23.1 Å². The molecule has 0 bridgehead atoms. The van der Waals surface area contributed by atoms with E-state index >= 15 is 0 Å². The number of carbonyl (C=O) groups excluding carboxylic acids is 1. The van der Waals surface area contributed by atoms with Gasteiger partial charge in [0.25, 0.3) is 0 Å². The molecule has 3 N–H and O–H groups in total. The number of amides is 2. The van der Waals surface area contributed by atoms with Crippen molar-refractivity contribution in [3.05, 3.63) is 54.4 Å². The Bertz CT molecular complexity index is 1690. The van der Waals surface area contributed by atoms with Gasteiger partial charge in [0.1, 0.15) is 16.7 Å². The second-order valence-electron chi connectivity index (χ2n) is 11.3. The summed E-state index contributed by atoms with van der Waals surface area (Å²) in [4.78, 5) is 23.8. The SMILES string of the molecule is CC(C)(C)c1cc(NC(=O)Nc2ccc(-c3cn4c(n3)sc3nc(O[C@@H]5CCNC56CC6)ccc34)cc2)no1. The third-order valence-electron chi connectivity index (χ3n) is 7.42. The topological polar surface area (TPSA) is 119 Å². The first-order valence-electron chi connectivity index (χ1n) is 13.1. The van der Waals surface area contributed by atoms with Gasteiger partial charge in [0, 0.05) is 35.0 Å². The van der Waals surface area contributed by atoms with Crippen molar-refractivity contribution in [2.24, 2.45) is 0 Å². The molecule has 1 aromatic carbocycles. The van der Waals surface area contributed by atoms with Crippen LogP contribution in [0.3, 0.4) is 0 Å². The number of hydrogen-bond donors (Lipinski definition) is 3. The first-order chi connectivity index (χ1) is 18.8. The van der Waals surface area contributed by atoms with Crippen molar-refractivity contribution in [1.29, 1.82) is 0 Å². The van der Waals surface area contributed by atoms with Crippen LogP contribution in [0.1, 0.15) is 45.8 Å². The maximum Gasteiger partial charge on any atom is 0.324 e. The van der Waals surface area contributed by atoms with Gasteiger partial charge in [-0.3, -0.25) is 9.72 Å². The Hall–Kier alpha value is -3.96. The molecule has 0 radical (unpaired) electrons.